The second-order valence-corrected chi connectivity index (χ2v) is 4.82. The van der Waals surface area contributed by atoms with E-state index in [2.05, 4.69) is 17.0 Å². The second-order valence-electron chi connectivity index (χ2n) is 4.82. The molecule has 20 heavy (non-hydrogen) atoms. The highest BCUT2D eigenvalue weighted by atomic mass is 19.3. The average molecular weight is 287 g/mol. The summed E-state index contributed by atoms with van der Waals surface area (Å²) in [6.45, 7) is 1.09. The summed E-state index contributed by atoms with van der Waals surface area (Å²) in [5.74, 6) is 0.652. The molecule has 1 aromatic carbocycles. The summed E-state index contributed by atoms with van der Waals surface area (Å²) < 4.78 is 28.3. The fourth-order valence-electron chi connectivity index (χ4n) is 2.15. The average Bonchev–Trinajstić information content (AvgIpc) is 2.40. The summed E-state index contributed by atoms with van der Waals surface area (Å²) in [6, 6.07) is 6.62. The van der Waals surface area contributed by atoms with E-state index < -0.39 is 6.61 Å². The molecule has 0 bridgehead atoms. The molecule has 3 nitrogen and oxygen atoms in total. The molecule has 0 aliphatic heterocycles. The molecule has 1 atom stereocenters. The Morgan fingerprint density at radius 2 is 1.90 bits per heavy atom. The maximum atomic E-state index is 12.0. The van der Waals surface area contributed by atoms with E-state index in [1.165, 1.54) is 0 Å². The number of aliphatic hydroxyl groups excluding tert-OH is 1. The SMILES string of the molecule is CCCC(CCO)CNCc1ccc(OC(F)F)cc1. The summed E-state index contributed by atoms with van der Waals surface area (Å²) in [4.78, 5) is 0. The first-order chi connectivity index (χ1) is 9.65. The number of ether oxygens (including phenoxy) is 1. The normalized spacial score (nSPS) is 12.7. The maximum absolute atomic E-state index is 12.0. The minimum Gasteiger partial charge on any atom is -0.435 e. The van der Waals surface area contributed by atoms with Crippen molar-refractivity contribution in [1.82, 2.24) is 5.32 Å². The molecule has 2 N–H and O–H groups in total. The van der Waals surface area contributed by atoms with Gasteiger partial charge in [0.2, 0.25) is 0 Å². The lowest BCUT2D eigenvalue weighted by Gasteiger charge is -2.15. The van der Waals surface area contributed by atoms with Crippen LogP contribution in [0.3, 0.4) is 0 Å². The van der Waals surface area contributed by atoms with Crippen LogP contribution in [0.2, 0.25) is 0 Å². The standard InChI is InChI=1S/C15H23F2NO2/c1-2-3-12(8-9-19)10-18-11-13-4-6-14(7-5-13)20-15(16)17/h4-7,12,15,18-19H,2-3,8-11H2,1H3. The molecule has 0 spiro atoms. The van der Waals surface area contributed by atoms with E-state index >= 15 is 0 Å². The quantitative estimate of drug-likeness (QED) is 0.694. The van der Waals surface area contributed by atoms with Gasteiger partial charge in [0, 0.05) is 13.2 Å². The van der Waals surface area contributed by atoms with Crippen LogP contribution in [0, 0.1) is 5.92 Å². The minimum atomic E-state index is -2.78. The van der Waals surface area contributed by atoms with Crippen LogP contribution >= 0.6 is 0 Å². The van der Waals surface area contributed by atoms with Gasteiger partial charge in [-0.05, 0) is 43.0 Å². The van der Waals surface area contributed by atoms with Gasteiger partial charge < -0.3 is 15.2 Å². The Balaban J connectivity index is 2.33. The van der Waals surface area contributed by atoms with Crippen LogP contribution in [0.25, 0.3) is 0 Å². The summed E-state index contributed by atoms with van der Waals surface area (Å²) in [5, 5.41) is 12.3. The highest BCUT2D eigenvalue weighted by Crippen LogP contribution is 2.15. The van der Waals surface area contributed by atoms with Crippen LogP contribution in [0.15, 0.2) is 24.3 Å². The van der Waals surface area contributed by atoms with Gasteiger partial charge in [0.15, 0.2) is 0 Å². The van der Waals surface area contributed by atoms with Crippen molar-refractivity contribution < 1.29 is 18.6 Å². The van der Waals surface area contributed by atoms with Crippen molar-refractivity contribution in [2.24, 2.45) is 5.92 Å². The van der Waals surface area contributed by atoms with Crippen LogP contribution in [0.1, 0.15) is 31.7 Å². The Hall–Kier alpha value is -1.20. The van der Waals surface area contributed by atoms with Crippen molar-refractivity contribution in [2.45, 2.75) is 39.3 Å². The second kappa shape index (κ2) is 9.66. The van der Waals surface area contributed by atoms with E-state index in [0.717, 1.165) is 31.4 Å². The highest BCUT2D eigenvalue weighted by molar-refractivity contribution is 5.27. The molecule has 1 rings (SSSR count). The van der Waals surface area contributed by atoms with Crippen molar-refractivity contribution in [2.75, 3.05) is 13.2 Å². The van der Waals surface area contributed by atoms with Crippen LogP contribution in [0.4, 0.5) is 8.78 Å². The van der Waals surface area contributed by atoms with E-state index in [0.29, 0.717) is 12.5 Å². The number of rotatable bonds is 10. The number of hydrogen-bond acceptors (Lipinski definition) is 3. The van der Waals surface area contributed by atoms with Crippen LogP contribution < -0.4 is 10.1 Å². The largest absolute Gasteiger partial charge is 0.435 e. The topological polar surface area (TPSA) is 41.5 Å². The predicted molar refractivity (Wildman–Crippen MR) is 74.9 cm³/mol. The summed E-state index contributed by atoms with van der Waals surface area (Å²) in [5.41, 5.74) is 1.02. The van der Waals surface area contributed by atoms with Crippen molar-refractivity contribution in [3.8, 4) is 5.75 Å². The fourth-order valence-corrected chi connectivity index (χ4v) is 2.15. The monoisotopic (exact) mass is 287 g/mol. The Morgan fingerprint density at radius 1 is 1.20 bits per heavy atom. The minimum absolute atomic E-state index is 0.174. The number of aliphatic hydroxyl groups is 1. The molecular formula is C15H23F2NO2. The lowest BCUT2D eigenvalue weighted by Crippen LogP contribution is -2.23. The lowest BCUT2D eigenvalue weighted by molar-refractivity contribution is -0.0498. The zero-order chi connectivity index (χ0) is 14.8. The van der Waals surface area contributed by atoms with E-state index in [1.807, 2.05) is 0 Å². The Bertz CT molecular complexity index is 351. The molecule has 0 radical (unpaired) electrons. The first-order valence-electron chi connectivity index (χ1n) is 7.01. The van der Waals surface area contributed by atoms with Gasteiger partial charge in [0.05, 0.1) is 0 Å². The van der Waals surface area contributed by atoms with Gasteiger partial charge in [0.1, 0.15) is 5.75 Å². The van der Waals surface area contributed by atoms with Crippen LogP contribution in [0.5, 0.6) is 5.75 Å². The van der Waals surface area contributed by atoms with Gasteiger partial charge in [-0.1, -0.05) is 25.5 Å². The molecule has 0 aliphatic carbocycles. The summed E-state index contributed by atoms with van der Waals surface area (Å²) in [6.07, 6.45) is 3.00. The Kier molecular flexibility index (Phi) is 8.14. The van der Waals surface area contributed by atoms with E-state index in [1.54, 1.807) is 24.3 Å². The van der Waals surface area contributed by atoms with Crippen molar-refractivity contribution in [3.05, 3.63) is 29.8 Å². The first-order valence-corrected chi connectivity index (χ1v) is 7.01. The number of alkyl halides is 2. The van der Waals surface area contributed by atoms with Crippen molar-refractivity contribution >= 4 is 0 Å². The molecule has 0 fully saturated rings. The van der Waals surface area contributed by atoms with Gasteiger partial charge in [-0.3, -0.25) is 0 Å². The third-order valence-corrected chi connectivity index (χ3v) is 3.14. The smallest absolute Gasteiger partial charge is 0.387 e. The summed E-state index contributed by atoms with van der Waals surface area (Å²) in [7, 11) is 0. The Labute approximate surface area is 119 Å². The molecule has 0 saturated heterocycles. The maximum Gasteiger partial charge on any atom is 0.387 e. The van der Waals surface area contributed by atoms with Gasteiger partial charge in [0.25, 0.3) is 0 Å². The molecule has 0 heterocycles. The third kappa shape index (κ3) is 6.82. The molecule has 0 saturated carbocycles. The highest BCUT2D eigenvalue weighted by Gasteiger charge is 2.07. The predicted octanol–water partition coefficient (Wildman–Crippen LogP) is 3.18. The number of halogens is 2. The molecule has 0 amide bonds. The van der Waals surface area contributed by atoms with Crippen LogP contribution in [-0.2, 0) is 6.54 Å². The molecule has 114 valence electrons. The third-order valence-electron chi connectivity index (χ3n) is 3.14. The Morgan fingerprint density at radius 3 is 2.45 bits per heavy atom. The molecular weight excluding hydrogens is 264 g/mol. The van der Waals surface area contributed by atoms with Crippen molar-refractivity contribution in [3.63, 3.8) is 0 Å². The lowest BCUT2D eigenvalue weighted by atomic mass is 10.0. The van der Waals surface area contributed by atoms with Gasteiger partial charge in [-0.25, -0.2) is 0 Å². The molecule has 1 unspecified atom stereocenters. The molecule has 0 aromatic heterocycles. The van der Waals surface area contributed by atoms with Crippen molar-refractivity contribution in [1.29, 1.82) is 0 Å². The van der Waals surface area contributed by atoms with E-state index in [9.17, 15) is 8.78 Å². The number of hydrogen-bond donors (Lipinski definition) is 2. The molecule has 1 aromatic rings. The van der Waals surface area contributed by atoms with Gasteiger partial charge in [-0.15, -0.1) is 0 Å². The zero-order valence-corrected chi connectivity index (χ0v) is 11.8. The zero-order valence-electron chi connectivity index (χ0n) is 11.8. The molecule has 0 aliphatic rings. The number of benzene rings is 1. The first kappa shape index (κ1) is 16.9. The van der Waals surface area contributed by atoms with Gasteiger partial charge in [-0.2, -0.15) is 8.78 Å². The van der Waals surface area contributed by atoms with Crippen LogP contribution in [-0.4, -0.2) is 24.9 Å². The summed E-state index contributed by atoms with van der Waals surface area (Å²) >= 11 is 0. The van der Waals surface area contributed by atoms with Gasteiger partial charge >= 0.3 is 6.61 Å². The van der Waals surface area contributed by atoms with E-state index in [4.69, 9.17) is 5.11 Å². The fraction of sp³-hybridized carbons (Fsp3) is 0.600. The van der Waals surface area contributed by atoms with E-state index in [-0.39, 0.29) is 12.4 Å². The number of nitrogens with one attached hydrogen (secondary N) is 1. The molecule has 5 heteroatoms.